The Morgan fingerprint density at radius 2 is 1.35 bits per heavy atom. The highest BCUT2D eigenvalue weighted by molar-refractivity contribution is 7.80. The Balaban J connectivity index is 2.13. The van der Waals surface area contributed by atoms with Gasteiger partial charge in [-0.1, -0.05) is 83.3 Å². The molecule has 2 N–H and O–H groups in total. The van der Waals surface area contributed by atoms with E-state index in [0.29, 0.717) is 5.75 Å². The van der Waals surface area contributed by atoms with Gasteiger partial charge in [-0.15, -0.1) is 0 Å². The van der Waals surface area contributed by atoms with Gasteiger partial charge in [0.1, 0.15) is 5.75 Å². The summed E-state index contributed by atoms with van der Waals surface area (Å²) in [6.07, 6.45) is 15.9. The molecule has 0 saturated heterocycles. The minimum Gasteiger partial charge on any atom is -0.507 e. The fourth-order valence-corrected chi connectivity index (χ4v) is 3.62. The largest absolute Gasteiger partial charge is 0.507 e. The first-order valence-electron chi connectivity index (χ1n) is 10.6. The van der Waals surface area contributed by atoms with E-state index in [1.165, 1.54) is 64.2 Å². The summed E-state index contributed by atoms with van der Waals surface area (Å²) in [5.74, 6) is 0.393. The first kappa shape index (κ1) is 23.0. The minimum absolute atomic E-state index is 0.393. The molecule has 0 fully saturated rings. The summed E-state index contributed by atoms with van der Waals surface area (Å²) < 4.78 is 0. The van der Waals surface area contributed by atoms with E-state index >= 15 is 0 Å². The second-order valence-corrected chi connectivity index (χ2v) is 8.17. The molecule has 0 aliphatic carbocycles. The van der Waals surface area contributed by atoms with Crippen molar-refractivity contribution in [1.82, 2.24) is 0 Å². The molecule has 0 atom stereocenters. The first-order chi connectivity index (χ1) is 12.5. The standard InChI is InChI=1S/C23H39NOS/c1-5-6-7-8-9-10-11-12-13-14-15-16-22(26)24-21-17-18(2)23(25)20(4)19(21)3/h17,25H,5-16H2,1-4H3,(H,24,26). The number of unbranched alkanes of at least 4 members (excludes halogenated alkanes) is 10. The number of hydrogen-bond acceptors (Lipinski definition) is 2. The maximum absolute atomic E-state index is 10.0. The lowest BCUT2D eigenvalue weighted by molar-refractivity contribution is 0.466. The molecule has 2 nitrogen and oxygen atoms in total. The number of nitrogens with one attached hydrogen (secondary N) is 1. The lowest BCUT2D eigenvalue weighted by atomic mass is 10.0. The van der Waals surface area contributed by atoms with Crippen molar-refractivity contribution in [2.75, 3.05) is 5.32 Å². The van der Waals surface area contributed by atoms with E-state index in [2.05, 4.69) is 12.2 Å². The number of hydrogen-bond donors (Lipinski definition) is 2. The van der Waals surface area contributed by atoms with Crippen LogP contribution >= 0.6 is 12.2 Å². The van der Waals surface area contributed by atoms with E-state index in [1.807, 2.05) is 26.8 Å². The molecule has 0 radical (unpaired) electrons. The van der Waals surface area contributed by atoms with Gasteiger partial charge < -0.3 is 10.4 Å². The van der Waals surface area contributed by atoms with Crippen molar-refractivity contribution in [3.05, 3.63) is 22.8 Å². The molecular formula is C23H39NOS. The summed E-state index contributed by atoms with van der Waals surface area (Å²) in [4.78, 5) is 0.911. The Morgan fingerprint density at radius 3 is 1.88 bits per heavy atom. The van der Waals surface area contributed by atoms with Crippen molar-refractivity contribution in [2.24, 2.45) is 0 Å². The van der Waals surface area contributed by atoms with Gasteiger partial charge in [-0.05, 0) is 56.4 Å². The number of phenols is 1. The Kier molecular flexibility index (Phi) is 11.6. The van der Waals surface area contributed by atoms with E-state index in [4.69, 9.17) is 12.2 Å². The topological polar surface area (TPSA) is 32.3 Å². The second-order valence-electron chi connectivity index (χ2n) is 7.67. The van der Waals surface area contributed by atoms with Crippen LogP contribution in [0.2, 0.25) is 0 Å². The molecule has 0 aliphatic heterocycles. The van der Waals surface area contributed by atoms with E-state index in [9.17, 15) is 5.11 Å². The number of aromatic hydroxyl groups is 1. The molecule has 0 saturated carbocycles. The Hall–Kier alpha value is -1.09. The monoisotopic (exact) mass is 377 g/mol. The van der Waals surface area contributed by atoms with Crippen LogP contribution in [0.5, 0.6) is 5.75 Å². The van der Waals surface area contributed by atoms with Crippen LogP contribution < -0.4 is 5.32 Å². The van der Waals surface area contributed by atoms with E-state index < -0.39 is 0 Å². The predicted molar refractivity (Wildman–Crippen MR) is 120 cm³/mol. The summed E-state index contributed by atoms with van der Waals surface area (Å²) in [7, 11) is 0. The molecule has 0 aromatic heterocycles. The average Bonchev–Trinajstić information content (AvgIpc) is 2.62. The van der Waals surface area contributed by atoms with E-state index in [1.54, 1.807) is 0 Å². The summed E-state index contributed by atoms with van der Waals surface area (Å²) in [5, 5.41) is 13.4. The molecule has 0 aliphatic rings. The maximum Gasteiger partial charge on any atom is 0.121 e. The third-order valence-electron chi connectivity index (χ3n) is 5.34. The van der Waals surface area contributed by atoms with Gasteiger partial charge in [0.05, 0.1) is 4.99 Å². The average molecular weight is 378 g/mol. The number of phenolic OH excluding ortho intramolecular Hbond substituents is 1. The van der Waals surface area contributed by atoms with Gasteiger partial charge in [-0.25, -0.2) is 0 Å². The van der Waals surface area contributed by atoms with Crippen molar-refractivity contribution in [1.29, 1.82) is 0 Å². The van der Waals surface area contributed by atoms with Crippen molar-refractivity contribution in [3.63, 3.8) is 0 Å². The third-order valence-corrected chi connectivity index (χ3v) is 5.64. The van der Waals surface area contributed by atoms with Crippen LogP contribution in [-0.4, -0.2) is 10.1 Å². The summed E-state index contributed by atoms with van der Waals surface area (Å²) in [5.41, 5.74) is 3.94. The van der Waals surface area contributed by atoms with Gasteiger partial charge in [-0.2, -0.15) is 0 Å². The van der Waals surface area contributed by atoms with Gasteiger partial charge in [-0.3, -0.25) is 0 Å². The predicted octanol–water partition coefficient (Wildman–Crippen LogP) is 7.76. The van der Waals surface area contributed by atoms with Crippen LogP contribution in [0.1, 0.15) is 101 Å². The van der Waals surface area contributed by atoms with E-state index in [-0.39, 0.29) is 0 Å². The minimum atomic E-state index is 0.393. The molecule has 1 rings (SSSR count). The second kappa shape index (κ2) is 13.1. The molecule has 3 heteroatoms. The number of thiocarbonyl (C=S) groups is 1. The van der Waals surface area contributed by atoms with Crippen molar-refractivity contribution in [2.45, 2.75) is 105 Å². The third kappa shape index (κ3) is 8.53. The molecule has 0 spiro atoms. The SMILES string of the molecule is CCCCCCCCCCCCCC(=S)Nc1cc(C)c(O)c(C)c1C. The van der Waals surface area contributed by atoms with Gasteiger partial charge in [0.2, 0.25) is 0 Å². The molecule has 1 aromatic carbocycles. The fraction of sp³-hybridized carbons (Fsp3) is 0.696. The zero-order valence-electron chi connectivity index (χ0n) is 17.4. The molecule has 0 bridgehead atoms. The van der Waals surface area contributed by atoms with Gasteiger partial charge in [0, 0.05) is 5.69 Å². The summed E-state index contributed by atoms with van der Waals surface area (Å²) in [6.45, 7) is 8.19. The van der Waals surface area contributed by atoms with Gasteiger partial charge in [0.15, 0.2) is 0 Å². The van der Waals surface area contributed by atoms with Crippen molar-refractivity contribution < 1.29 is 5.11 Å². The Morgan fingerprint density at radius 1 is 0.846 bits per heavy atom. The van der Waals surface area contributed by atoms with Gasteiger partial charge >= 0.3 is 0 Å². The molecular weight excluding hydrogens is 338 g/mol. The molecule has 0 heterocycles. The van der Waals surface area contributed by atoms with Crippen LogP contribution in [0, 0.1) is 20.8 Å². The maximum atomic E-state index is 10.0. The number of anilines is 1. The normalized spacial score (nSPS) is 10.9. The Bertz CT molecular complexity index is 554. The Labute approximate surface area is 166 Å². The smallest absolute Gasteiger partial charge is 0.121 e. The van der Waals surface area contributed by atoms with Crippen LogP contribution in [0.15, 0.2) is 6.07 Å². The lowest BCUT2D eigenvalue weighted by Gasteiger charge is -2.15. The molecule has 0 unspecified atom stereocenters. The fourth-order valence-electron chi connectivity index (χ4n) is 3.36. The number of rotatable bonds is 13. The van der Waals surface area contributed by atoms with Crippen LogP contribution in [0.25, 0.3) is 0 Å². The first-order valence-corrected chi connectivity index (χ1v) is 11.0. The zero-order chi connectivity index (χ0) is 19.4. The van der Waals surface area contributed by atoms with Gasteiger partial charge in [0.25, 0.3) is 0 Å². The summed E-state index contributed by atoms with van der Waals surface area (Å²) >= 11 is 5.51. The lowest BCUT2D eigenvalue weighted by Crippen LogP contribution is -2.10. The highest BCUT2D eigenvalue weighted by Crippen LogP contribution is 2.30. The highest BCUT2D eigenvalue weighted by Gasteiger charge is 2.10. The molecule has 1 aromatic rings. The summed E-state index contributed by atoms with van der Waals surface area (Å²) in [6, 6.07) is 1.99. The van der Waals surface area contributed by atoms with Crippen LogP contribution in [-0.2, 0) is 0 Å². The van der Waals surface area contributed by atoms with Crippen LogP contribution in [0.3, 0.4) is 0 Å². The molecule has 148 valence electrons. The van der Waals surface area contributed by atoms with Crippen molar-refractivity contribution in [3.8, 4) is 5.75 Å². The molecule has 26 heavy (non-hydrogen) atoms. The number of benzene rings is 1. The number of aryl methyl sites for hydroxylation is 1. The quantitative estimate of drug-likeness (QED) is 0.209. The molecule has 0 amide bonds. The van der Waals surface area contributed by atoms with Crippen molar-refractivity contribution >= 4 is 22.9 Å². The highest BCUT2D eigenvalue weighted by atomic mass is 32.1. The zero-order valence-corrected chi connectivity index (χ0v) is 18.2. The van der Waals surface area contributed by atoms with E-state index in [0.717, 1.165) is 40.2 Å². The van der Waals surface area contributed by atoms with Crippen LogP contribution in [0.4, 0.5) is 5.69 Å².